The molecule has 0 fully saturated rings. The van der Waals surface area contributed by atoms with Crippen molar-refractivity contribution in [1.29, 1.82) is 0 Å². The molecule has 0 heterocycles. The van der Waals surface area contributed by atoms with E-state index in [4.69, 9.17) is 11.5 Å². The fraction of sp³-hybridized carbons (Fsp3) is 0.143. The van der Waals surface area contributed by atoms with Gasteiger partial charge in [-0.3, -0.25) is 0 Å². The Bertz CT molecular complexity index is 444. The maximum atomic E-state index is 10.6. The summed E-state index contributed by atoms with van der Waals surface area (Å²) in [6.45, 7) is 1.60. The van der Waals surface area contributed by atoms with Gasteiger partial charge in [0, 0.05) is 5.69 Å². The SMILES string of the molecule is Cc1cc(S(=O)(=O)[O-])c(N)cc1N.[Na+]. The van der Waals surface area contributed by atoms with Gasteiger partial charge in [0.25, 0.3) is 0 Å². The van der Waals surface area contributed by atoms with E-state index in [1.807, 2.05) is 0 Å². The maximum Gasteiger partial charge on any atom is 1.00 e. The molecule has 1 rings (SSSR count). The number of nitrogen functional groups attached to an aromatic ring is 2. The zero-order chi connectivity index (χ0) is 10.2. The van der Waals surface area contributed by atoms with Gasteiger partial charge in [0.15, 0.2) is 0 Å². The summed E-state index contributed by atoms with van der Waals surface area (Å²) in [5.41, 5.74) is 11.5. The standard InChI is InChI=1S/C7H10N2O3S.Na/c1-4-2-7(13(10,11)12)6(9)3-5(4)8;/h2-3H,8-9H2,1H3,(H,10,11,12);/q;+1/p-1. The molecular formula is C7H9N2NaO3S. The fourth-order valence-electron chi connectivity index (χ4n) is 0.932. The summed E-state index contributed by atoms with van der Waals surface area (Å²) in [4.78, 5) is -0.417. The van der Waals surface area contributed by atoms with E-state index in [0.29, 0.717) is 11.3 Å². The second-order valence-electron chi connectivity index (χ2n) is 2.70. The monoisotopic (exact) mass is 224 g/mol. The van der Waals surface area contributed by atoms with Crippen molar-refractivity contribution >= 4 is 21.5 Å². The van der Waals surface area contributed by atoms with Crippen molar-refractivity contribution in [2.24, 2.45) is 0 Å². The Morgan fingerprint density at radius 3 is 2.14 bits per heavy atom. The van der Waals surface area contributed by atoms with Crippen molar-refractivity contribution < 1.29 is 42.5 Å². The third kappa shape index (κ3) is 2.86. The minimum atomic E-state index is -4.50. The van der Waals surface area contributed by atoms with Crippen molar-refractivity contribution in [1.82, 2.24) is 0 Å². The van der Waals surface area contributed by atoms with Crippen LogP contribution in [-0.4, -0.2) is 13.0 Å². The number of hydrogen-bond acceptors (Lipinski definition) is 5. The molecule has 0 amide bonds. The number of benzene rings is 1. The van der Waals surface area contributed by atoms with Crippen LogP contribution in [0.1, 0.15) is 5.56 Å². The van der Waals surface area contributed by atoms with E-state index < -0.39 is 15.0 Å². The third-order valence-corrected chi connectivity index (χ3v) is 2.56. The Kier molecular flexibility index (Phi) is 4.41. The van der Waals surface area contributed by atoms with Crippen molar-refractivity contribution in [3.8, 4) is 0 Å². The molecule has 14 heavy (non-hydrogen) atoms. The molecule has 7 heteroatoms. The van der Waals surface area contributed by atoms with Crippen LogP contribution in [0.5, 0.6) is 0 Å². The Hall–Kier alpha value is -0.270. The molecule has 0 aromatic heterocycles. The van der Waals surface area contributed by atoms with Crippen LogP contribution < -0.4 is 41.0 Å². The first-order valence-electron chi connectivity index (χ1n) is 3.44. The number of anilines is 2. The summed E-state index contributed by atoms with van der Waals surface area (Å²) in [6, 6.07) is 2.44. The topological polar surface area (TPSA) is 109 Å². The van der Waals surface area contributed by atoms with Crippen molar-refractivity contribution in [2.75, 3.05) is 11.5 Å². The van der Waals surface area contributed by atoms with E-state index in [9.17, 15) is 13.0 Å². The number of rotatable bonds is 1. The van der Waals surface area contributed by atoms with Gasteiger partial charge in [-0.15, -0.1) is 0 Å². The van der Waals surface area contributed by atoms with Crippen molar-refractivity contribution in [3.63, 3.8) is 0 Å². The van der Waals surface area contributed by atoms with E-state index in [2.05, 4.69) is 0 Å². The quantitative estimate of drug-likeness (QED) is 0.301. The fourth-order valence-corrected chi connectivity index (χ4v) is 1.60. The number of nitrogens with two attached hydrogens (primary N) is 2. The Labute approximate surface area is 105 Å². The predicted octanol–water partition coefficient (Wildman–Crippen LogP) is -2.93. The summed E-state index contributed by atoms with van der Waals surface area (Å²) >= 11 is 0. The maximum absolute atomic E-state index is 10.6. The van der Waals surface area contributed by atoms with Gasteiger partial charge in [-0.05, 0) is 24.6 Å². The molecule has 0 bridgehead atoms. The van der Waals surface area contributed by atoms with Gasteiger partial charge in [-0.1, -0.05) is 0 Å². The van der Waals surface area contributed by atoms with Crippen molar-refractivity contribution in [3.05, 3.63) is 17.7 Å². The molecule has 0 saturated carbocycles. The summed E-state index contributed by atoms with van der Waals surface area (Å²) < 4.78 is 31.9. The van der Waals surface area contributed by atoms with Gasteiger partial charge in [0.2, 0.25) is 0 Å². The van der Waals surface area contributed by atoms with Crippen molar-refractivity contribution in [2.45, 2.75) is 11.8 Å². The molecule has 0 saturated heterocycles. The largest absolute Gasteiger partial charge is 1.00 e. The minimum Gasteiger partial charge on any atom is -0.744 e. The molecular weight excluding hydrogens is 215 g/mol. The average molecular weight is 224 g/mol. The van der Waals surface area contributed by atoms with Crippen LogP contribution in [0.15, 0.2) is 17.0 Å². The summed E-state index contributed by atoms with van der Waals surface area (Å²) in [5, 5.41) is 0. The molecule has 0 aliphatic rings. The van der Waals surface area contributed by atoms with E-state index >= 15 is 0 Å². The van der Waals surface area contributed by atoms with E-state index in [1.54, 1.807) is 6.92 Å². The molecule has 5 nitrogen and oxygen atoms in total. The summed E-state index contributed by atoms with van der Waals surface area (Å²) in [7, 11) is -4.50. The molecule has 1 aromatic carbocycles. The Morgan fingerprint density at radius 2 is 1.71 bits per heavy atom. The van der Waals surface area contributed by atoms with E-state index in [-0.39, 0.29) is 35.2 Å². The second-order valence-corrected chi connectivity index (χ2v) is 4.05. The second kappa shape index (κ2) is 4.50. The van der Waals surface area contributed by atoms with Crippen LogP contribution in [0.25, 0.3) is 0 Å². The molecule has 4 N–H and O–H groups in total. The first kappa shape index (κ1) is 13.7. The zero-order valence-electron chi connectivity index (χ0n) is 7.94. The smallest absolute Gasteiger partial charge is 0.744 e. The number of hydrogen-bond donors (Lipinski definition) is 2. The van der Waals surface area contributed by atoms with Crippen LogP contribution >= 0.6 is 0 Å². The zero-order valence-corrected chi connectivity index (χ0v) is 10.8. The molecule has 0 radical (unpaired) electrons. The minimum absolute atomic E-state index is 0. The van der Waals surface area contributed by atoms with Crippen LogP contribution in [0, 0.1) is 6.92 Å². The predicted molar refractivity (Wildman–Crippen MR) is 48.0 cm³/mol. The van der Waals surface area contributed by atoms with Gasteiger partial charge in [0.05, 0.1) is 10.6 Å². The van der Waals surface area contributed by atoms with Crippen LogP contribution in [0.2, 0.25) is 0 Å². The van der Waals surface area contributed by atoms with Crippen LogP contribution in [0.3, 0.4) is 0 Å². The molecule has 0 spiro atoms. The average Bonchev–Trinajstić information content (AvgIpc) is 1.94. The molecule has 0 unspecified atom stereocenters. The van der Waals surface area contributed by atoms with E-state index in [1.165, 1.54) is 12.1 Å². The molecule has 0 atom stereocenters. The molecule has 72 valence electrons. The van der Waals surface area contributed by atoms with Gasteiger partial charge >= 0.3 is 29.6 Å². The number of aryl methyl sites for hydroxylation is 1. The normalized spacial score (nSPS) is 10.7. The summed E-state index contributed by atoms with van der Waals surface area (Å²) in [6.07, 6.45) is 0. The third-order valence-electron chi connectivity index (χ3n) is 1.67. The Morgan fingerprint density at radius 1 is 1.21 bits per heavy atom. The van der Waals surface area contributed by atoms with Crippen LogP contribution in [0.4, 0.5) is 11.4 Å². The van der Waals surface area contributed by atoms with Gasteiger partial charge < -0.3 is 16.0 Å². The van der Waals surface area contributed by atoms with Gasteiger partial charge in [-0.2, -0.15) is 0 Å². The van der Waals surface area contributed by atoms with Gasteiger partial charge in [0.1, 0.15) is 10.1 Å². The molecule has 1 aromatic rings. The first-order valence-corrected chi connectivity index (χ1v) is 4.84. The first-order chi connectivity index (χ1) is 5.82. The molecule has 0 aliphatic carbocycles. The summed E-state index contributed by atoms with van der Waals surface area (Å²) in [5.74, 6) is 0. The van der Waals surface area contributed by atoms with Gasteiger partial charge in [-0.25, -0.2) is 8.42 Å². The Balaban J connectivity index is 0.00000169. The van der Waals surface area contributed by atoms with Crippen LogP contribution in [-0.2, 0) is 10.1 Å². The van der Waals surface area contributed by atoms with E-state index in [0.717, 1.165) is 0 Å². The molecule has 0 aliphatic heterocycles.